The number of benzene rings is 2. The first kappa shape index (κ1) is 15.5. The number of H-pyrrole nitrogens is 1. The van der Waals surface area contributed by atoms with Gasteiger partial charge in [-0.05, 0) is 36.6 Å². The molecule has 23 heavy (non-hydrogen) atoms. The normalized spacial score (nSPS) is 10.8. The van der Waals surface area contributed by atoms with Gasteiger partial charge in [-0.2, -0.15) is 0 Å². The predicted molar refractivity (Wildman–Crippen MR) is 97.9 cm³/mol. The molecule has 1 aromatic heterocycles. The number of nitrogen functional groups attached to an aromatic ring is 1. The zero-order valence-corrected chi connectivity index (χ0v) is 13.8. The monoisotopic (exact) mass is 325 g/mol. The predicted octanol–water partition coefficient (Wildman–Crippen LogP) is 3.52. The molecular formula is C18H19N3OS. The maximum absolute atomic E-state index is 11.1. The number of aromatic nitrogens is 2. The van der Waals surface area contributed by atoms with E-state index in [2.05, 4.69) is 11.9 Å². The third kappa shape index (κ3) is 3.05. The van der Waals surface area contributed by atoms with Crippen LogP contribution >= 0.6 is 0 Å². The second kappa shape index (κ2) is 6.79. The molecule has 0 saturated heterocycles. The highest BCUT2D eigenvalue weighted by molar-refractivity contribution is 7.65. The summed E-state index contributed by atoms with van der Waals surface area (Å²) in [4.78, 5) is 8.05. The molecule has 0 saturated carbocycles. The molecule has 0 spiro atoms. The summed E-state index contributed by atoms with van der Waals surface area (Å²) in [6, 6.07) is 11.8. The van der Waals surface area contributed by atoms with Crippen LogP contribution in [0.1, 0.15) is 30.9 Å². The van der Waals surface area contributed by atoms with E-state index in [9.17, 15) is 4.21 Å². The van der Waals surface area contributed by atoms with Crippen LogP contribution < -0.4 is 5.73 Å². The largest absolute Gasteiger partial charge is 0.398 e. The minimum absolute atomic E-state index is 0.420. The molecule has 0 radical (unpaired) electrons. The third-order valence-electron chi connectivity index (χ3n) is 3.96. The summed E-state index contributed by atoms with van der Waals surface area (Å²) in [6.45, 7) is 2.17. The van der Waals surface area contributed by atoms with E-state index in [4.69, 9.17) is 10.7 Å². The second-order valence-corrected chi connectivity index (χ2v) is 5.95. The van der Waals surface area contributed by atoms with E-state index >= 15 is 0 Å². The number of hydrogen-bond acceptors (Lipinski definition) is 3. The van der Waals surface area contributed by atoms with Crippen molar-refractivity contribution in [3.05, 3.63) is 47.5 Å². The van der Waals surface area contributed by atoms with Gasteiger partial charge in [0.1, 0.15) is 5.82 Å². The average molecular weight is 325 g/mol. The van der Waals surface area contributed by atoms with Crippen molar-refractivity contribution in [1.29, 1.82) is 0 Å². The Morgan fingerprint density at radius 1 is 1.26 bits per heavy atom. The Hall–Kier alpha value is -2.40. The summed E-state index contributed by atoms with van der Waals surface area (Å²) < 4.78 is 11.1. The molecular weight excluding hydrogens is 306 g/mol. The number of imidazole rings is 1. The van der Waals surface area contributed by atoms with Gasteiger partial charge >= 0.3 is 0 Å². The molecule has 5 heteroatoms. The van der Waals surface area contributed by atoms with Gasteiger partial charge in [0.25, 0.3) is 0 Å². The fourth-order valence-corrected chi connectivity index (χ4v) is 3.13. The molecule has 0 aliphatic carbocycles. The van der Waals surface area contributed by atoms with E-state index in [1.807, 2.05) is 36.4 Å². The molecule has 0 bridgehead atoms. The first-order valence-electron chi connectivity index (χ1n) is 7.73. The van der Waals surface area contributed by atoms with E-state index in [1.165, 1.54) is 5.56 Å². The van der Waals surface area contributed by atoms with Crippen LogP contribution in [0.5, 0.6) is 0 Å². The summed E-state index contributed by atoms with van der Waals surface area (Å²) in [7, 11) is 0. The number of nitrogens with zero attached hydrogens (tertiary/aromatic N) is 1. The van der Waals surface area contributed by atoms with Crippen LogP contribution in [0.2, 0.25) is 0 Å². The van der Waals surface area contributed by atoms with E-state index in [-0.39, 0.29) is 0 Å². The van der Waals surface area contributed by atoms with Crippen molar-refractivity contribution in [2.24, 2.45) is 0 Å². The number of nitrogens with one attached hydrogen (secondary N) is 1. The highest BCUT2D eigenvalue weighted by Gasteiger charge is 2.16. The first-order chi connectivity index (χ1) is 11.2. The smallest absolute Gasteiger partial charge is 0.139 e. The Balaban J connectivity index is 2.25. The number of unbranched alkanes of at least 4 members (excludes halogenated alkanes) is 1. The van der Waals surface area contributed by atoms with Gasteiger partial charge in [0.2, 0.25) is 0 Å². The number of aryl methyl sites for hydroxylation is 1. The molecule has 4 nitrogen and oxygen atoms in total. The van der Waals surface area contributed by atoms with Crippen LogP contribution in [0.4, 0.5) is 5.69 Å². The van der Waals surface area contributed by atoms with Gasteiger partial charge in [0.15, 0.2) is 0 Å². The molecule has 118 valence electrons. The van der Waals surface area contributed by atoms with Crippen molar-refractivity contribution in [2.75, 3.05) is 5.73 Å². The molecule has 2 aromatic carbocycles. The van der Waals surface area contributed by atoms with Crippen LogP contribution in [0.3, 0.4) is 0 Å². The van der Waals surface area contributed by atoms with E-state index < -0.39 is 0 Å². The van der Waals surface area contributed by atoms with Gasteiger partial charge in [-0.15, -0.1) is 0 Å². The molecule has 0 aliphatic rings. The van der Waals surface area contributed by atoms with E-state index in [1.54, 1.807) is 5.37 Å². The summed E-state index contributed by atoms with van der Waals surface area (Å²) in [5.74, 6) is 0.768. The zero-order chi connectivity index (χ0) is 16.2. The van der Waals surface area contributed by atoms with Gasteiger partial charge in [-0.3, -0.25) is 0 Å². The molecule has 0 fully saturated rings. The van der Waals surface area contributed by atoms with Gasteiger partial charge in [-0.1, -0.05) is 31.5 Å². The number of hydrogen-bond donors (Lipinski definition) is 2. The van der Waals surface area contributed by atoms with Crippen molar-refractivity contribution in [2.45, 2.75) is 26.2 Å². The lowest BCUT2D eigenvalue weighted by Gasteiger charge is -2.12. The number of nitrogens with two attached hydrogens (primary N) is 1. The minimum Gasteiger partial charge on any atom is -0.398 e. The number of anilines is 1. The van der Waals surface area contributed by atoms with Crippen molar-refractivity contribution in [3.8, 4) is 11.4 Å². The zero-order valence-electron chi connectivity index (χ0n) is 13.0. The Labute approximate surface area is 138 Å². The Kier molecular flexibility index (Phi) is 4.57. The number of rotatable bonds is 5. The van der Waals surface area contributed by atoms with Crippen molar-refractivity contribution < 1.29 is 4.21 Å². The van der Waals surface area contributed by atoms with Gasteiger partial charge in [0.05, 0.1) is 22.3 Å². The lowest BCUT2D eigenvalue weighted by molar-refractivity contribution is 0.701. The molecule has 0 aliphatic heterocycles. The van der Waals surface area contributed by atoms with E-state index in [0.717, 1.165) is 47.2 Å². The van der Waals surface area contributed by atoms with Gasteiger partial charge in [-0.25, -0.2) is 9.19 Å². The lowest BCUT2D eigenvalue weighted by Crippen LogP contribution is -2.02. The standard InChI is InChI=1S/C18H19N3OS/c1-2-3-6-12-9-10-14(19)13(11-23-22)17(12)18-20-15-7-4-5-8-16(15)21-18/h4-5,7-11H,2-3,6,19H2,1H3,(H,20,21). The third-order valence-corrected chi connectivity index (χ3v) is 4.29. The Morgan fingerprint density at radius 3 is 2.83 bits per heavy atom. The SMILES string of the molecule is CCCCc1ccc(N)c(C=S=O)c1-c1nc2ccccc2[nH]1. The number of para-hydroxylation sites is 2. The summed E-state index contributed by atoms with van der Waals surface area (Å²) >= 11 is 0.420. The summed E-state index contributed by atoms with van der Waals surface area (Å²) in [6.07, 6.45) is 3.13. The Morgan fingerprint density at radius 2 is 2.09 bits per heavy atom. The first-order valence-corrected chi connectivity index (χ1v) is 8.53. The molecule has 0 atom stereocenters. The van der Waals surface area contributed by atoms with E-state index in [0.29, 0.717) is 16.9 Å². The fraction of sp³-hybridized carbons (Fsp3) is 0.222. The molecule has 1 heterocycles. The van der Waals surface area contributed by atoms with Gasteiger partial charge in [0, 0.05) is 22.2 Å². The summed E-state index contributed by atoms with van der Waals surface area (Å²) in [5, 5.41) is 1.56. The fourth-order valence-electron chi connectivity index (χ4n) is 2.78. The number of fused-ring (bicyclic) bond motifs is 1. The van der Waals surface area contributed by atoms with Gasteiger partial charge < -0.3 is 10.7 Å². The average Bonchev–Trinajstić information content (AvgIpc) is 2.99. The van der Waals surface area contributed by atoms with Crippen molar-refractivity contribution in [1.82, 2.24) is 9.97 Å². The maximum Gasteiger partial charge on any atom is 0.139 e. The van der Waals surface area contributed by atoms with Crippen LogP contribution in [-0.2, 0) is 17.7 Å². The van der Waals surface area contributed by atoms with Crippen molar-refractivity contribution in [3.63, 3.8) is 0 Å². The molecule has 0 unspecified atom stereocenters. The van der Waals surface area contributed by atoms with Crippen LogP contribution in [0.15, 0.2) is 36.4 Å². The molecule has 3 N–H and O–H groups in total. The topological polar surface area (TPSA) is 71.8 Å². The second-order valence-electron chi connectivity index (χ2n) is 5.52. The summed E-state index contributed by atoms with van der Waals surface area (Å²) in [5.41, 5.74) is 11.5. The van der Waals surface area contributed by atoms with Crippen LogP contribution in [0, 0.1) is 0 Å². The van der Waals surface area contributed by atoms with Crippen LogP contribution in [-0.4, -0.2) is 19.5 Å². The lowest BCUT2D eigenvalue weighted by atomic mass is 9.96. The highest BCUT2D eigenvalue weighted by atomic mass is 32.1. The minimum atomic E-state index is 0.420. The molecule has 3 aromatic rings. The maximum atomic E-state index is 11.1. The molecule has 3 rings (SSSR count). The van der Waals surface area contributed by atoms with Crippen LogP contribution in [0.25, 0.3) is 22.4 Å². The molecule has 0 amide bonds. The highest BCUT2D eigenvalue weighted by Crippen LogP contribution is 2.31. The number of aromatic amines is 1. The quantitative estimate of drug-likeness (QED) is 0.557. The Bertz CT molecular complexity index is 861. The van der Waals surface area contributed by atoms with Crippen molar-refractivity contribution >= 4 is 33.3 Å².